The predicted octanol–water partition coefficient (Wildman–Crippen LogP) is 3.24. The van der Waals surface area contributed by atoms with E-state index in [-0.39, 0.29) is 0 Å². The number of H-pyrrole nitrogens is 1. The Morgan fingerprint density at radius 3 is 2.58 bits per heavy atom. The van der Waals surface area contributed by atoms with Crippen molar-refractivity contribution >= 4 is 22.8 Å². The van der Waals surface area contributed by atoms with Crippen LogP contribution in [0.1, 0.15) is 27.4 Å². The molecule has 2 N–H and O–H groups in total. The molecular formula is C15H12F3N5O. The lowest BCUT2D eigenvalue weighted by atomic mass is 10.0. The van der Waals surface area contributed by atoms with Crippen LogP contribution in [0.2, 0.25) is 0 Å². The van der Waals surface area contributed by atoms with Crippen LogP contribution in [0, 0.1) is 13.8 Å². The van der Waals surface area contributed by atoms with Gasteiger partial charge >= 0.3 is 6.18 Å². The minimum atomic E-state index is -4.66. The molecule has 0 unspecified atom stereocenters. The Hall–Kier alpha value is -2.97. The van der Waals surface area contributed by atoms with Gasteiger partial charge in [0.1, 0.15) is 0 Å². The van der Waals surface area contributed by atoms with Gasteiger partial charge in [-0.1, -0.05) is 11.6 Å². The molecule has 3 rings (SSSR count). The molecule has 0 spiro atoms. The number of hydrogen-bond donors (Lipinski definition) is 2. The topological polar surface area (TPSA) is 83.6 Å². The average molecular weight is 335 g/mol. The van der Waals surface area contributed by atoms with Crippen molar-refractivity contribution in [2.75, 3.05) is 5.32 Å². The molecule has 3 aromatic rings. The Morgan fingerprint density at radius 2 is 1.92 bits per heavy atom. The maximum atomic E-state index is 12.5. The van der Waals surface area contributed by atoms with Crippen LogP contribution in [-0.4, -0.2) is 26.1 Å². The number of halogens is 3. The number of rotatable bonds is 2. The van der Waals surface area contributed by atoms with Crippen molar-refractivity contribution in [2.24, 2.45) is 0 Å². The lowest BCUT2D eigenvalue weighted by molar-refractivity contribution is -0.144. The highest BCUT2D eigenvalue weighted by molar-refractivity contribution is 6.12. The van der Waals surface area contributed by atoms with Gasteiger partial charge in [0.05, 0.1) is 11.1 Å². The Labute approximate surface area is 134 Å². The molecule has 0 bridgehead atoms. The summed E-state index contributed by atoms with van der Waals surface area (Å²) >= 11 is 0. The molecule has 0 aliphatic carbocycles. The Balaban J connectivity index is 1.97. The van der Waals surface area contributed by atoms with E-state index in [1.165, 1.54) is 0 Å². The van der Waals surface area contributed by atoms with E-state index in [0.29, 0.717) is 22.2 Å². The van der Waals surface area contributed by atoms with Crippen LogP contribution in [0.15, 0.2) is 24.3 Å². The first-order chi connectivity index (χ1) is 11.2. The van der Waals surface area contributed by atoms with Gasteiger partial charge in [0.15, 0.2) is 0 Å². The number of fused-ring (bicyclic) bond motifs is 1. The summed E-state index contributed by atoms with van der Waals surface area (Å²) in [5.41, 5.74) is 2.46. The van der Waals surface area contributed by atoms with Crippen molar-refractivity contribution in [2.45, 2.75) is 20.0 Å². The maximum absolute atomic E-state index is 12.5. The van der Waals surface area contributed by atoms with Gasteiger partial charge in [-0.3, -0.25) is 20.2 Å². The Bertz CT molecular complexity index is 932. The van der Waals surface area contributed by atoms with E-state index in [1.807, 2.05) is 13.0 Å². The molecule has 1 aromatic carbocycles. The molecule has 0 fully saturated rings. The number of carbonyl (C=O) groups excluding carboxylic acids is 1. The number of anilines is 1. The van der Waals surface area contributed by atoms with E-state index in [2.05, 4.69) is 20.4 Å². The zero-order valence-corrected chi connectivity index (χ0v) is 12.7. The van der Waals surface area contributed by atoms with Crippen LogP contribution >= 0.6 is 0 Å². The smallest absolute Gasteiger partial charge is 0.289 e. The molecule has 0 aliphatic rings. The average Bonchev–Trinajstić information content (AvgIpc) is 2.95. The minimum absolute atomic E-state index is 0.291. The van der Waals surface area contributed by atoms with E-state index in [9.17, 15) is 18.0 Å². The summed E-state index contributed by atoms with van der Waals surface area (Å²) in [6, 6.07) is 6.99. The summed E-state index contributed by atoms with van der Waals surface area (Å²) < 4.78 is 37.5. The van der Waals surface area contributed by atoms with Gasteiger partial charge in [0.25, 0.3) is 5.91 Å². The summed E-state index contributed by atoms with van der Waals surface area (Å²) in [6.45, 7) is 3.59. The number of hydrogen-bond acceptors (Lipinski definition) is 4. The number of aryl methyl sites for hydroxylation is 2. The summed E-state index contributed by atoms with van der Waals surface area (Å²) in [4.78, 5) is 20.0. The largest absolute Gasteiger partial charge is 0.451 e. The molecule has 0 atom stereocenters. The minimum Gasteiger partial charge on any atom is -0.289 e. The van der Waals surface area contributed by atoms with Crippen LogP contribution in [-0.2, 0) is 6.18 Å². The first-order valence-electron chi connectivity index (χ1n) is 6.93. The molecule has 24 heavy (non-hydrogen) atoms. The van der Waals surface area contributed by atoms with Gasteiger partial charge in [-0.15, -0.1) is 5.10 Å². The number of amides is 1. The summed E-state index contributed by atoms with van der Waals surface area (Å²) in [5, 5.41) is 7.98. The second-order valence-corrected chi connectivity index (χ2v) is 5.29. The molecule has 6 nitrogen and oxygen atoms in total. The van der Waals surface area contributed by atoms with Crippen molar-refractivity contribution in [3.63, 3.8) is 0 Å². The standard InChI is InChI=1S/C15H12F3N5O/c1-7-3-4-11-9(5-7)10(6-8(2)19-11)12(24)20-14-21-13(22-23-14)15(16,17)18/h3-6H,1-2H3,(H2,20,21,22,23,24). The van der Waals surface area contributed by atoms with Crippen LogP contribution in [0.5, 0.6) is 0 Å². The number of aromatic amines is 1. The molecule has 9 heteroatoms. The van der Waals surface area contributed by atoms with Crippen molar-refractivity contribution in [1.82, 2.24) is 20.2 Å². The predicted molar refractivity (Wildman–Crippen MR) is 80.6 cm³/mol. The fourth-order valence-corrected chi connectivity index (χ4v) is 2.27. The number of carbonyl (C=O) groups is 1. The van der Waals surface area contributed by atoms with Gasteiger partial charge in [0.2, 0.25) is 11.8 Å². The van der Waals surface area contributed by atoms with Gasteiger partial charge in [-0.25, -0.2) is 0 Å². The zero-order valence-electron chi connectivity index (χ0n) is 12.7. The molecule has 0 saturated heterocycles. The summed E-state index contributed by atoms with van der Waals surface area (Å²) in [7, 11) is 0. The molecule has 0 aliphatic heterocycles. The van der Waals surface area contributed by atoms with Crippen LogP contribution < -0.4 is 5.32 Å². The van der Waals surface area contributed by atoms with E-state index < -0.39 is 23.9 Å². The number of benzene rings is 1. The maximum Gasteiger partial charge on any atom is 0.451 e. The second-order valence-electron chi connectivity index (χ2n) is 5.29. The normalized spacial score (nSPS) is 11.7. The summed E-state index contributed by atoms with van der Waals surface area (Å²) in [5.74, 6) is -2.32. The highest BCUT2D eigenvalue weighted by atomic mass is 19.4. The Kier molecular flexibility index (Phi) is 3.70. The fraction of sp³-hybridized carbons (Fsp3) is 0.200. The quantitative estimate of drug-likeness (QED) is 0.753. The van der Waals surface area contributed by atoms with Crippen molar-refractivity contribution in [3.8, 4) is 0 Å². The fourth-order valence-electron chi connectivity index (χ4n) is 2.27. The van der Waals surface area contributed by atoms with E-state index in [1.54, 1.807) is 30.2 Å². The van der Waals surface area contributed by atoms with Crippen LogP contribution in [0.25, 0.3) is 10.9 Å². The number of pyridine rings is 1. The highest BCUT2D eigenvalue weighted by Crippen LogP contribution is 2.26. The van der Waals surface area contributed by atoms with Gasteiger partial charge < -0.3 is 0 Å². The highest BCUT2D eigenvalue weighted by Gasteiger charge is 2.35. The first kappa shape index (κ1) is 15.9. The van der Waals surface area contributed by atoms with Gasteiger partial charge in [-0.2, -0.15) is 18.2 Å². The van der Waals surface area contributed by atoms with E-state index >= 15 is 0 Å². The lowest BCUT2D eigenvalue weighted by Crippen LogP contribution is -2.14. The van der Waals surface area contributed by atoms with Crippen molar-refractivity contribution < 1.29 is 18.0 Å². The van der Waals surface area contributed by atoms with Crippen molar-refractivity contribution in [1.29, 1.82) is 0 Å². The van der Waals surface area contributed by atoms with Crippen molar-refractivity contribution in [3.05, 3.63) is 46.9 Å². The molecular weight excluding hydrogens is 323 g/mol. The molecule has 2 aromatic heterocycles. The van der Waals surface area contributed by atoms with Gasteiger partial charge in [0, 0.05) is 11.1 Å². The SMILES string of the molecule is Cc1ccc2nc(C)cc(C(=O)Nc3n[nH]c(C(F)(F)F)n3)c2c1. The first-order valence-corrected chi connectivity index (χ1v) is 6.93. The number of nitrogens with zero attached hydrogens (tertiary/aromatic N) is 3. The summed E-state index contributed by atoms with van der Waals surface area (Å²) in [6.07, 6.45) is -4.66. The third-order valence-corrected chi connectivity index (χ3v) is 3.32. The molecule has 0 saturated carbocycles. The van der Waals surface area contributed by atoms with Crippen LogP contribution in [0.4, 0.5) is 19.1 Å². The zero-order chi connectivity index (χ0) is 17.5. The third-order valence-electron chi connectivity index (χ3n) is 3.32. The van der Waals surface area contributed by atoms with E-state index in [0.717, 1.165) is 5.56 Å². The van der Waals surface area contributed by atoms with E-state index in [4.69, 9.17) is 0 Å². The number of aromatic nitrogens is 4. The monoisotopic (exact) mass is 335 g/mol. The molecule has 0 radical (unpaired) electrons. The molecule has 124 valence electrons. The second kappa shape index (κ2) is 5.59. The lowest BCUT2D eigenvalue weighted by Gasteiger charge is -2.08. The molecule has 2 heterocycles. The molecule has 1 amide bonds. The third kappa shape index (κ3) is 3.05. The number of alkyl halides is 3. The number of nitrogens with one attached hydrogen (secondary N) is 2. The van der Waals surface area contributed by atoms with Crippen LogP contribution in [0.3, 0.4) is 0 Å². The Morgan fingerprint density at radius 1 is 1.17 bits per heavy atom. The van der Waals surface area contributed by atoms with Gasteiger partial charge in [-0.05, 0) is 32.0 Å².